The number of likely N-dealkylation sites (tertiary alicyclic amines) is 1. The van der Waals surface area contributed by atoms with Gasteiger partial charge in [0.05, 0.1) is 0 Å². The Balaban J connectivity index is 1.21. The molecule has 0 aromatic carbocycles. The van der Waals surface area contributed by atoms with Gasteiger partial charge in [0.25, 0.3) is 5.91 Å². The molecule has 2 saturated carbocycles. The van der Waals surface area contributed by atoms with E-state index in [0.29, 0.717) is 12.8 Å². The lowest BCUT2D eigenvalue weighted by molar-refractivity contribution is -0.136. The van der Waals surface area contributed by atoms with Crippen molar-refractivity contribution in [1.29, 1.82) is 0 Å². The highest BCUT2D eigenvalue weighted by atomic mass is 16.2. The Bertz CT molecular complexity index is 618. The van der Waals surface area contributed by atoms with E-state index in [9.17, 15) is 14.4 Å². The van der Waals surface area contributed by atoms with E-state index in [1.807, 2.05) is 0 Å². The molecule has 2 N–H and O–H groups in total. The van der Waals surface area contributed by atoms with Crippen LogP contribution in [-0.4, -0.2) is 65.4 Å². The summed E-state index contributed by atoms with van der Waals surface area (Å²) < 4.78 is 0. The molecule has 4 fully saturated rings. The van der Waals surface area contributed by atoms with Crippen LogP contribution in [-0.2, 0) is 9.59 Å². The summed E-state index contributed by atoms with van der Waals surface area (Å²) in [6.07, 6.45) is 13.1. The first kappa shape index (κ1) is 20.6. The Morgan fingerprint density at radius 1 is 0.966 bits per heavy atom. The minimum absolute atomic E-state index is 0.148. The number of amides is 4. The van der Waals surface area contributed by atoms with Crippen LogP contribution in [0.1, 0.15) is 77.0 Å². The lowest BCUT2D eigenvalue weighted by atomic mass is 9.82. The molecule has 0 unspecified atom stereocenters. The smallest absolute Gasteiger partial charge is 0.325 e. The molecular weight excluding hydrogens is 368 g/mol. The van der Waals surface area contributed by atoms with Gasteiger partial charge in [-0.1, -0.05) is 38.5 Å². The van der Waals surface area contributed by atoms with Crippen LogP contribution >= 0.6 is 0 Å². The zero-order valence-electron chi connectivity index (χ0n) is 17.6. The van der Waals surface area contributed by atoms with Gasteiger partial charge in [-0.15, -0.1) is 0 Å². The van der Waals surface area contributed by atoms with Gasteiger partial charge in [-0.25, -0.2) is 4.79 Å². The summed E-state index contributed by atoms with van der Waals surface area (Å²) >= 11 is 0. The highest BCUT2D eigenvalue weighted by molar-refractivity contribution is 6.09. The van der Waals surface area contributed by atoms with Crippen molar-refractivity contribution in [3.63, 3.8) is 0 Å². The SMILES string of the molecule is O=C(CN1C(=O)NC2(CCCCC2)C1=O)NC1CCN(CC2CCCCC2)CC1. The van der Waals surface area contributed by atoms with Crippen molar-refractivity contribution in [2.45, 2.75) is 88.6 Å². The molecule has 4 amide bonds. The molecule has 0 atom stereocenters. The number of hydrogen-bond acceptors (Lipinski definition) is 4. The lowest BCUT2D eigenvalue weighted by Crippen LogP contribution is -2.50. The van der Waals surface area contributed by atoms with Crippen molar-refractivity contribution in [3.8, 4) is 0 Å². The maximum absolute atomic E-state index is 12.8. The fourth-order valence-corrected chi connectivity index (χ4v) is 5.73. The maximum Gasteiger partial charge on any atom is 0.325 e. The van der Waals surface area contributed by atoms with Crippen molar-refractivity contribution in [1.82, 2.24) is 20.4 Å². The Morgan fingerprint density at radius 2 is 1.62 bits per heavy atom. The summed E-state index contributed by atoms with van der Waals surface area (Å²) in [5, 5.41) is 5.94. The third kappa shape index (κ3) is 4.76. The molecule has 2 heterocycles. The number of imide groups is 1. The van der Waals surface area contributed by atoms with Gasteiger partial charge in [0, 0.05) is 25.7 Å². The average molecular weight is 405 g/mol. The van der Waals surface area contributed by atoms with Crippen LogP contribution in [0.5, 0.6) is 0 Å². The van der Waals surface area contributed by atoms with Gasteiger partial charge in [0.2, 0.25) is 5.91 Å². The summed E-state index contributed by atoms with van der Waals surface area (Å²) in [6, 6.07) is -0.260. The van der Waals surface area contributed by atoms with Gasteiger partial charge in [-0.3, -0.25) is 14.5 Å². The molecule has 4 rings (SSSR count). The van der Waals surface area contributed by atoms with Gasteiger partial charge in [-0.05, 0) is 44.4 Å². The van der Waals surface area contributed by atoms with Gasteiger partial charge in [-0.2, -0.15) is 0 Å². The lowest BCUT2D eigenvalue weighted by Gasteiger charge is -2.35. The highest BCUT2D eigenvalue weighted by Gasteiger charge is 2.51. The Morgan fingerprint density at radius 3 is 2.31 bits per heavy atom. The summed E-state index contributed by atoms with van der Waals surface area (Å²) in [7, 11) is 0. The molecule has 0 aromatic heterocycles. The molecule has 2 aliphatic carbocycles. The number of piperidine rings is 1. The summed E-state index contributed by atoms with van der Waals surface area (Å²) in [5.41, 5.74) is -0.750. The first-order valence-corrected chi connectivity index (χ1v) is 11.7. The van der Waals surface area contributed by atoms with E-state index in [-0.39, 0.29) is 24.4 Å². The van der Waals surface area contributed by atoms with E-state index < -0.39 is 11.6 Å². The van der Waals surface area contributed by atoms with Crippen molar-refractivity contribution in [3.05, 3.63) is 0 Å². The third-order valence-electron chi connectivity index (χ3n) is 7.45. The van der Waals surface area contributed by atoms with Gasteiger partial charge >= 0.3 is 6.03 Å². The third-order valence-corrected chi connectivity index (χ3v) is 7.45. The normalized spacial score (nSPS) is 26.7. The minimum Gasteiger partial charge on any atom is -0.352 e. The maximum atomic E-state index is 12.8. The van der Waals surface area contributed by atoms with Crippen molar-refractivity contribution in [2.75, 3.05) is 26.2 Å². The molecule has 7 heteroatoms. The van der Waals surface area contributed by atoms with Crippen LogP contribution in [0.3, 0.4) is 0 Å². The number of hydrogen-bond donors (Lipinski definition) is 2. The van der Waals surface area contributed by atoms with E-state index >= 15 is 0 Å². The average Bonchev–Trinajstić information content (AvgIpc) is 2.95. The molecule has 0 bridgehead atoms. The molecule has 0 aromatic rings. The molecule has 2 aliphatic heterocycles. The fraction of sp³-hybridized carbons (Fsp3) is 0.864. The number of urea groups is 1. The van der Waals surface area contributed by atoms with E-state index in [4.69, 9.17) is 0 Å². The molecule has 4 aliphatic rings. The number of carbonyl (C=O) groups excluding carboxylic acids is 3. The zero-order chi connectivity index (χ0) is 20.3. The second-order valence-electron chi connectivity index (χ2n) is 9.61. The van der Waals surface area contributed by atoms with Crippen molar-refractivity contribution < 1.29 is 14.4 Å². The molecule has 1 spiro atoms. The molecule has 29 heavy (non-hydrogen) atoms. The largest absolute Gasteiger partial charge is 0.352 e. The quantitative estimate of drug-likeness (QED) is 0.690. The van der Waals surface area contributed by atoms with E-state index in [0.717, 1.165) is 56.0 Å². The Kier molecular flexibility index (Phi) is 6.42. The van der Waals surface area contributed by atoms with Gasteiger partial charge in [0.15, 0.2) is 0 Å². The summed E-state index contributed by atoms with van der Waals surface area (Å²) in [5.74, 6) is 0.424. The van der Waals surface area contributed by atoms with Crippen LogP contribution in [0.4, 0.5) is 4.79 Å². The minimum atomic E-state index is -0.750. The van der Waals surface area contributed by atoms with Gasteiger partial charge in [0.1, 0.15) is 12.1 Å². The summed E-state index contributed by atoms with van der Waals surface area (Å²) in [6.45, 7) is 3.08. The Labute approximate surface area is 173 Å². The van der Waals surface area contributed by atoms with Crippen LogP contribution in [0.25, 0.3) is 0 Å². The molecule has 7 nitrogen and oxygen atoms in total. The first-order valence-electron chi connectivity index (χ1n) is 11.7. The van der Waals surface area contributed by atoms with Crippen LogP contribution < -0.4 is 10.6 Å². The molecule has 0 radical (unpaired) electrons. The monoisotopic (exact) mass is 404 g/mol. The predicted molar refractivity (Wildman–Crippen MR) is 110 cm³/mol. The first-order chi connectivity index (χ1) is 14.1. The Hall–Kier alpha value is -1.63. The van der Waals surface area contributed by atoms with Crippen LogP contribution in [0.2, 0.25) is 0 Å². The second-order valence-corrected chi connectivity index (χ2v) is 9.61. The number of rotatable bonds is 5. The number of carbonyl (C=O) groups is 3. The van der Waals surface area contributed by atoms with Crippen molar-refractivity contribution >= 4 is 17.8 Å². The molecule has 2 saturated heterocycles. The predicted octanol–water partition coefficient (Wildman–Crippen LogP) is 2.40. The van der Waals surface area contributed by atoms with E-state index in [1.165, 1.54) is 38.6 Å². The van der Waals surface area contributed by atoms with E-state index in [1.54, 1.807) is 0 Å². The van der Waals surface area contributed by atoms with Crippen LogP contribution in [0.15, 0.2) is 0 Å². The van der Waals surface area contributed by atoms with Crippen LogP contribution in [0, 0.1) is 5.92 Å². The van der Waals surface area contributed by atoms with Crippen molar-refractivity contribution in [2.24, 2.45) is 5.92 Å². The van der Waals surface area contributed by atoms with Gasteiger partial charge < -0.3 is 15.5 Å². The number of nitrogens with one attached hydrogen (secondary N) is 2. The fourth-order valence-electron chi connectivity index (χ4n) is 5.73. The topological polar surface area (TPSA) is 81.8 Å². The standard InChI is InChI=1S/C22H36N4O3/c27-19(16-26-20(28)22(24-21(26)29)11-5-2-6-12-22)23-18-9-13-25(14-10-18)15-17-7-3-1-4-8-17/h17-18H,1-16H2,(H,23,27)(H,24,29). The molecular formula is C22H36N4O3. The number of nitrogens with zero attached hydrogens (tertiary/aromatic N) is 2. The highest BCUT2D eigenvalue weighted by Crippen LogP contribution is 2.33. The second kappa shape index (κ2) is 9.02. The summed E-state index contributed by atoms with van der Waals surface area (Å²) in [4.78, 5) is 41.3. The zero-order valence-corrected chi connectivity index (χ0v) is 17.6. The molecule has 162 valence electrons. The van der Waals surface area contributed by atoms with E-state index in [2.05, 4.69) is 15.5 Å².